The van der Waals surface area contributed by atoms with Crippen LogP contribution in [0.3, 0.4) is 0 Å². The molecule has 0 aliphatic rings. The first-order valence-electron chi connectivity index (χ1n) is 6.37. The standard InChI is InChI=1S/C17H16O4/c1-20-15-9-3-12(4-10-15)11-16(17(19)21-2)13-5-7-14(18)8-6-13/h3-11,18H,1-2H3/b16-11-. The highest BCUT2D eigenvalue weighted by Gasteiger charge is 2.12. The maximum atomic E-state index is 11.9. The highest BCUT2D eigenvalue weighted by Crippen LogP contribution is 2.23. The number of aromatic hydroxyl groups is 1. The van der Waals surface area contributed by atoms with Crippen LogP contribution >= 0.6 is 0 Å². The van der Waals surface area contributed by atoms with E-state index >= 15 is 0 Å². The second-order valence-corrected chi connectivity index (χ2v) is 4.37. The van der Waals surface area contributed by atoms with Gasteiger partial charge < -0.3 is 14.6 Å². The van der Waals surface area contributed by atoms with Crippen molar-refractivity contribution in [3.05, 3.63) is 59.7 Å². The minimum atomic E-state index is -0.434. The first-order valence-corrected chi connectivity index (χ1v) is 6.37. The zero-order valence-electron chi connectivity index (χ0n) is 11.9. The minimum absolute atomic E-state index is 0.146. The summed E-state index contributed by atoms with van der Waals surface area (Å²) < 4.78 is 9.92. The van der Waals surface area contributed by atoms with Gasteiger partial charge in [0, 0.05) is 0 Å². The monoisotopic (exact) mass is 284 g/mol. The number of phenolic OH excluding ortho intramolecular Hbond substituents is 1. The third-order valence-electron chi connectivity index (χ3n) is 3.01. The summed E-state index contributed by atoms with van der Waals surface area (Å²) in [4.78, 5) is 11.9. The quantitative estimate of drug-likeness (QED) is 0.532. The highest BCUT2D eigenvalue weighted by molar-refractivity contribution is 6.21. The summed E-state index contributed by atoms with van der Waals surface area (Å²) in [6, 6.07) is 13.7. The van der Waals surface area contributed by atoms with E-state index in [0.717, 1.165) is 11.3 Å². The van der Waals surface area contributed by atoms with Crippen molar-refractivity contribution in [2.24, 2.45) is 0 Å². The van der Waals surface area contributed by atoms with E-state index < -0.39 is 5.97 Å². The summed E-state index contributed by atoms with van der Waals surface area (Å²) in [6.07, 6.45) is 1.73. The van der Waals surface area contributed by atoms with Gasteiger partial charge in [-0.2, -0.15) is 0 Å². The molecule has 0 amide bonds. The van der Waals surface area contributed by atoms with Crippen molar-refractivity contribution in [2.75, 3.05) is 14.2 Å². The first-order chi connectivity index (χ1) is 10.1. The van der Waals surface area contributed by atoms with Gasteiger partial charge in [-0.25, -0.2) is 4.79 Å². The number of methoxy groups -OCH3 is 2. The number of hydrogen-bond donors (Lipinski definition) is 1. The van der Waals surface area contributed by atoms with E-state index in [4.69, 9.17) is 9.47 Å². The molecule has 0 saturated carbocycles. The molecule has 0 radical (unpaired) electrons. The van der Waals surface area contributed by atoms with Crippen LogP contribution in [0.1, 0.15) is 11.1 Å². The van der Waals surface area contributed by atoms with Crippen LogP contribution < -0.4 is 4.74 Å². The molecular weight excluding hydrogens is 268 g/mol. The number of phenols is 1. The van der Waals surface area contributed by atoms with E-state index in [1.54, 1.807) is 25.3 Å². The normalized spacial score (nSPS) is 11.0. The van der Waals surface area contributed by atoms with E-state index in [0.29, 0.717) is 11.1 Å². The number of hydrogen-bond acceptors (Lipinski definition) is 4. The van der Waals surface area contributed by atoms with E-state index in [9.17, 15) is 9.90 Å². The minimum Gasteiger partial charge on any atom is -0.508 e. The lowest BCUT2D eigenvalue weighted by atomic mass is 10.0. The van der Waals surface area contributed by atoms with Crippen molar-refractivity contribution < 1.29 is 19.4 Å². The van der Waals surface area contributed by atoms with Crippen molar-refractivity contribution in [3.63, 3.8) is 0 Å². The molecule has 2 aromatic carbocycles. The Hall–Kier alpha value is -2.75. The molecule has 4 nitrogen and oxygen atoms in total. The fourth-order valence-electron chi connectivity index (χ4n) is 1.88. The Labute approximate surface area is 123 Å². The Morgan fingerprint density at radius 1 is 1.00 bits per heavy atom. The Morgan fingerprint density at radius 2 is 1.62 bits per heavy atom. The van der Waals surface area contributed by atoms with Crippen molar-refractivity contribution in [2.45, 2.75) is 0 Å². The lowest BCUT2D eigenvalue weighted by Gasteiger charge is -2.07. The summed E-state index contributed by atoms with van der Waals surface area (Å²) >= 11 is 0. The van der Waals surface area contributed by atoms with Gasteiger partial charge in [-0.1, -0.05) is 24.3 Å². The number of benzene rings is 2. The summed E-state index contributed by atoms with van der Waals surface area (Å²) in [6.45, 7) is 0. The maximum absolute atomic E-state index is 11.9. The van der Waals surface area contributed by atoms with Gasteiger partial charge in [0.1, 0.15) is 11.5 Å². The lowest BCUT2D eigenvalue weighted by molar-refractivity contribution is -0.133. The first kappa shape index (κ1) is 14.7. The van der Waals surface area contributed by atoms with Crippen molar-refractivity contribution in [1.82, 2.24) is 0 Å². The summed E-state index contributed by atoms with van der Waals surface area (Å²) in [5, 5.41) is 9.33. The van der Waals surface area contributed by atoms with Crippen LogP contribution in [0.2, 0.25) is 0 Å². The van der Waals surface area contributed by atoms with Crippen LogP contribution in [0.15, 0.2) is 48.5 Å². The molecule has 0 saturated heterocycles. The summed E-state index contributed by atoms with van der Waals surface area (Å²) in [7, 11) is 2.94. The van der Waals surface area contributed by atoms with Crippen LogP contribution in [0.4, 0.5) is 0 Å². The highest BCUT2D eigenvalue weighted by atomic mass is 16.5. The van der Waals surface area contributed by atoms with Gasteiger partial charge in [-0.15, -0.1) is 0 Å². The Kier molecular flexibility index (Phi) is 4.61. The second kappa shape index (κ2) is 6.61. The predicted molar refractivity (Wildman–Crippen MR) is 81.0 cm³/mol. The van der Waals surface area contributed by atoms with Crippen LogP contribution in [0.5, 0.6) is 11.5 Å². The Morgan fingerprint density at radius 3 is 2.14 bits per heavy atom. The SMILES string of the molecule is COC(=O)/C(=C\c1ccc(OC)cc1)c1ccc(O)cc1. The molecule has 0 aliphatic heterocycles. The summed E-state index contributed by atoms with van der Waals surface area (Å²) in [5.41, 5.74) is 1.95. The molecule has 0 aliphatic carbocycles. The van der Waals surface area contributed by atoms with Crippen LogP contribution in [0.25, 0.3) is 11.6 Å². The summed E-state index contributed by atoms with van der Waals surface area (Å²) in [5.74, 6) is 0.459. The number of rotatable bonds is 4. The smallest absolute Gasteiger partial charge is 0.338 e. The number of carbonyl (C=O) groups is 1. The van der Waals surface area contributed by atoms with Crippen molar-refractivity contribution in [3.8, 4) is 11.5 Å². The van der Waals surface area contributed by atoms with Gasteiger partial charge in [0.25, 0.3) is 0 Å². The Balaban J connectivity index is 2.41. The zero-order chi connectivity index (χ0) is 15.2. The van der Waals surface area contributed by atoms with Gasteiger partial charge in [0.15, 0.2) is 0 Å². The molecule has 108 valence electrons. The maximum Gasteiger partial charge on any atom is 0.338 e. The molecule has 0 bridgehead atoms. The van der Waals surface area contributed by atoms with Crippen LogP contribution in [0, 0.1) is 0 Å². The van der Waals surface area contributed by atoms with Gasteiger partial charge in [-0.3, -0.25) is 0 Å². The molecule has 2 rings (SSSR count). The molecule has 21 heavy (non-hydrogen) atoms. The fourth-order valence-corrected chi connectivity index (χ4v) is 1.88. The molecule has 0 unspecified atom stereocenters. The number of carbonyl (C=O) groups excluding carboxylic acids is 1. The van der Waals surface area contributed by atoms with E-state index in [1.165, 1.54) is 19.2 Å². The fraction of sp³-hybridized carbons (Fsp3) is 0.118. The molecular formula is C17H16O4. The Bertz CT molecular complexity index is 639. The molecule has 2 aromatic rings. The number of ether oxygens (including phenoxy) is 2. The van der Waals surface area contributed by atoms with Crippen LogP contribution in [-0.2, 0) is 9.53 Å². The molecule has 4 heteroatoms. The van der Waals surface area contributed by atoms with E-state index in [2.05, 4.69) is 0 Å². The molecule has 0 heterocycles. The zero-order valence-corrected chi connectivity index (χ0v) is 11.9. The average Bonchev–Trinajstić information content (AvgIpc) is 2.53. The third kappa shape index (κ3) is 3.63. The molecule has 0 atom stereocenters. The third-order valence-corrected chi connectivity index (χ3v) is 3.01. The van der Waals surface area contributed by atoms with Gasteiger partial charge in [0.2, 0.25) is 0 Å². The van der Waals surface area contributed by atoms with E-state index in [1.807, 2.05) is 24.3 Å². The van der Waals surface area contributed by atoms with Crippen molar-refractivity contribution >= 4 is 17.6 Å². The number of esters is 1. The lowest BCUT2D eigenvalue weighted by Crippen LogP contribution is -2.03. The molecule has 1 N–H and O–H groups in total. The predicted octanol–water partition coefficient (Wildman–Crippen LogP) is 3.11. The largest absolute Gasteiger partial charge is 0.508 e. The van der Waals surface area contributed by atoms with Crippen molar-refractivity contribution in [1.29, 1.82) is 0 Å². The molecule has 0 spiro atoms. The van der Waals surface area contributed by atoms with Gasteiger partial charge in [0.05, 0.1) is 19.8 Å². The van der Waals surface area contributed by atoms with Gasteiger partial charge >= 0.3 is 5.97 Å². The molecule has 0 fully saturated rings. The van der Waals surface area contributed by atoms with Crippen LogP contribution in [-0.4, -0.2) is 25.3 Å². The molecule has 0 aromatic heterocycles. The average molecular weight is 284 g/mol. The topological polar surface area (TPSA) is 55.8 Å². The van der Waals surface area contributed by atoms with Gasteiger partial charge in [-0.05, 0) is 41.5 Å². The van der Waals surface area contributed by atoms with E-state index in [-0.39, 0.29) is 5.75 Å². The second-order valence-electron chi connectivity index (χ2n) is 4.37.